The first-order valence-corrected chi connectivity index (χ1v) is 13.4. The van der Waals surface area contributed by atoms with Gasteiger partial charge in [0.25, 0.3) is 0 Å². The summed E-state index contributed by atoms with van der Waals surface area (Å²) in [6.45, 7) is 29.2. The van der Waals surface area contributed by atoms with Crippen molar-refractivity contribution in [2.75, 3.05) is 13.1 Å². The molecule has 1 aliphatic carbocycles. The highest BCUT2D eigenvalue weighted by Gasteiger charge is 2.23. The van der Waals surface area contributed by atoms with Crippen LogP contribution in [0.2, 0.25) is 0 Å². The van der Waals surface area contributed by atoms with Gasteiger partial charge in [-0.05, 0) is 50.0 Å². The monoisotopic (exact) mass is 465 g/mol. The molecule has 0 N–H and O–H groups in total. The highest BCUT2D eigenvalue weighted by atomic mass is 15.1. The Morgan fingerprint density at radius 1 is 0.971 bits per heavy atom. The number of hydrogen-bond acceptors (Lipinski definition) is 1. The summed E-state index contributed by atoms with van der Waals surface area (Å²) in [6, 6.07) is 8.82. The minimum absolute atomic E-state index is 0.410. The third kappa shape index (κ3) is 14.8. The quantitative estimate of drug-likeness (QED) is 0.309. The van der Waals surface area contributed by atoms with E-state index in [1.807, 2.05) is 13.8 Å². The number of terminal acetylenes is 1. The molecule has 0 aromatic heterocycles. The molecular formula is C33H55N. The summed E-state index contributed by atoms with van der Waals surface area (Å²) in [5.74, 6) is 5.03. The molecule has 1 saturated heterocycles. The lowest BCUT2D eigenvalue weighted by Crippen LogP contribution is -2.34. The van der Waals surface area contributed by atoms with E-state index in [0.717, 1.165) is 31.8 Å². The van der Waals surface area contributed by atoms with Crippen LogP contribution in [0.15, 0.2) is 62.9 Å². The van der Waals surface area contributed by atoms with Gasteiger partial charge in [0.15, 0.2) is 0 Å². The SMILES string of the molecule is C#CC(C)C1CCN(C(=C)CCc2ccc(C)cc2)CC1.C=C.C=C.CC.CC1CCCCC1. The van der Waals surface area contributed by atoms with E-state index in [9.17, 15) is 0 Å². The number of likely N-dealkylation sites (tertiary alicyclic amines) is 1. The molecule has 1 atom stereocenters. The molecule has 1 saturated carbocycles. The van der Waals surface area contributed by atoms with Gasteiger partial charge in [-0.15, -0.1) is 38.7 Å². The zero-order valence-corrected chi connectivity index (χ0v) is 23.4. The Bertz CT molecular complexity index is 634. The predicted molar refractivity (Wildman–Crippen MR) is 157 cm³/mol. The Balaban J connectivity index is 0. The zero-order chi connectivity index (χ0) is 26.4. The molecule has 0 spiro atoms. The van der Waals surface area contributed by atoms with Crippen LogP contribution in [0.5, 0.6) is 0 Å². The van der Waals surface area contributed by atoms with Gasteiger partial charge in [0.2, 0.25) is 0 Å². The summed E-state index contributed by atoms with van der Waals surface area (Å²) in [7, 11) is 0. The molecule has 0 amide bonds. The Morgan fingerprint density at radius 3 is 1.88 bits per heavy atom. The largest absolute Gasteiger partial charge is 0.375 e. The third-order valence-electron chi connectivity index (χ3n) is 6.67. The van der Waals surface area contributed by atoms with Crippen molar-refractivity contribution in [2.45, 2.75) is 92.4 Å². The highest BCUT2D eigenvalue weighted by Crippen LogP contribution is 2.27. The van der Waals surface area contributed by atoms with Gasteiger partial charge in [0, 0.05) is 24.7 Å². The molecule has 1 heterocycles. The maximum atomic E-state index is 5.54. The number of allylic oxidation sites excluding steroid dienone is 1. The van der Waals surface area contributed by atoms with Gasteiger partial charge in [-0.1, -0.05) is 96.2 Å². The molecule has 192 valence electrons. The summed E-state index contributed by atoms with van der Waals surface area (Å²) in [5, 5.41) is 0. The van der Waals surface area contributed by atoms with E-state index in [4.69, 9.17) is 6.42 Å². The Labute approximate surface area is 214 Å². The average molecular weight is 466 g/mol. The summed E-state index contributed by atoms with van der Waals surface area (Å²) >= 11 is 0. The van der Waals surface area contributed by atoms with Crippen molar-refractivity contribution in [2.24, 2.45) is 17.8 Å². The van der Waals surface area contributed by atoms with Crippen molar-refractivity contribution < 1.29 is 0 Å². The summed E-state index contributed by atoms with van der Waals surface area (Å²) in [4.78, 5) is 2.45. The van der Waals surface area contributed by atoms with Crippen molar-refractivity contribution in [1.29, 1.82) is 0 Å². The molecule has 0 bridgehead atoms. The summed E-state index contributed by atoms with van der Waals surface area (Å²) < 4.78 is 0. The lowest BCUT2D eigenvalue weighted by atomic mass is 9.86. The van der Waals surface area contributed by atoms with Gasteiger partial charge >= 0.3 is 0 Å². The van der Waals surface area contributed by atoms with E-state index in [-0.39, 0.29) is 0 Å². The Hall–Kier alpha value is -2.20. The molecule has 0 radical (unpaired) electrons. The maximum absolute atomic E-state index is 5.54. The molecule has 34 heavy (non-hydrogen) atoms. The number of rotatable bonds is 5. The zero-order valence-electron chi connectivity index (χ0n) is 23.4. The Kier molecular flexibility index (Phi) is 22.6. The lowest BCUT2D eigenvalue weighted by molar-refractivity contribution is 0.199. The average Bonchev–Trinajstić information content (AvgIpc) is 2.92. The van der Waals surface area contributed by atoms with Crippen molar-refractivity contribution in [3.05, 3.63) is 74.0 Å². The van der Waals surface area contributed by atoms with Gasteiger partial charge < -0.3 is 4.90 Å². The first-order valence-electron chi connectivity index (χ1n) is 13.4. The molecule has 1 heteroatoms. The van der Waals surface area contributed by atoms with Crippen LogP contribution in [0.25, 0.3) is 0 Å². The van der Waals surface area contributed by atoms with Crippen molar-refractivity contribution >= 4 is 0 Å². The maximum Gasteiger partial charge on any atom is 0.0201 e. The number of piperidine rings is 1. The van der Waals surface area contributed by atoms with Crippen LogP contribution in [0, 0.1) is 37.0 Å². The molecule has 3 rings (SSSR count). The standard InChI is InChI=1S/C20H27N.C7H14.C2H6.2C2H4/c1-5-17(3)20-12-14-21(15-13-20)18(4)8-11-19-9-6-16(2)7-10-19;1-7-5-3-2-4-6-7;3*1-2/h1,6-7,9-10,17,20H,4,8,11-15H2,2-3H3;7H,2-6H2,1H3;1-2H3;2*1-2H2. The number of benzene rings is 1. The minimum atomic E-state index is 0.410. The van der Waals surface area contributed by atoms with E-state index in [2.05, 4.69) is 88.8 Å². The van der Waals surface area contributed by atoms with Crippen LogP contribution in [-0.4, -0.2) is 18.0 Å². The fourth-order valence-corrected chi connectivity index (χ4v) is 4.36. The number of nitrogens with zero attached hydrogens (tertiary/aromatic N) is 1. The van der Waals surface area contributed by atoms with Crippen LogP contribution in [0.1, 0.15) is 90.2 Å². The first kappa shape index (κ1) is 34.0. The molecular weight excluding hydrogens is 410 g/mol. The lowest BCUT2D eigenvalue weighted by Gasteiger charge is -2.36. The molecule has 1 aromatic rings. The minimum Gasteiger partial charge on any atom is -0.375 e. The van der Waals surface area contributed by atoms with E-state index >= 15 is 0 Å². The smallest absolute Gasteiger partial charge is 0.0201 e. The van der Waals surface area contributed by atoms with Gasteiger partial charge in [-0.25, -0.2) is 0 Å². The van der Waals surface area contributed by atoms with Crippen LogP contribution < -0.4 is 0 Å². The molecule has 1 unspecified atom stereocenters. The van der Waals surface area contributed by atoms with Gasteiger partial charge in [0.1, 0.15) is 0 Å². The van der Waals surface area contributed by atoms with E-state index in [1.165, 1.54) is 61.8 Å². The highest BCUT2D eigenvalue weighted by molar-refractivity contribution is 5.22. The molecule has 1 aromatic carbocycles. The van der Waals surface area contributed by atoms with Gasteiger partial charge in [-0.3, -0.25) is 0 Å². The van der Waals surface area contributed by atoms with Crippen LogP contribution >= 0.6 is 0 Å². The fraction of sp³-hybridized carbons (Fsp3) is 0.576. The van der Waals surface area contributed by atoms with Gasteiger partial charge in [-0.2, -0.15) is 0 Å². The molecule has 1 nitrogen and oxygen atoms in total. The molecule has 2 aliphatic rings. The number of aryl methyl sites for hydroxylation is 2. The van der Waals surface area contributed by atoms with Crippen LogP contribution in [0.4, 0.5) is 0 Å². The second-order valence-corrected chi connectivity index (χ2v) is 9.07. The third-order valence-corrected chi connectivity index (χ3v) is 6.67. The predicted octanol–water partition coefficient (Wildman–Crippen LogP) is 9.64. The Morgan fingerprint density at radius 2 is 1.47 bits per heavy atom. The molecule has 2 fully saturated rings. The fourth-order valence-electron chi connectivity index (χ4n) is 4.36. The second-order valence-electron chi connectivity index (χ2n) is 9.07. The van der Waals surface area contributed by atoms with Crippen molar-refractivity contribution in [3.8, 4) is 12.3 Å². The first-order chi connectivity index (χ1) is 16.5. The molecule has 1 aliphatic heterocycles. The summed E-state index contributed by atoms with van der Waals surface area (Å²) in [5.41, 5.74) is 4.00. The topological polar surface area (TPSA) is 3.24 Å². The van der Waals surface area contributed by atoms with Crippen LogP contribution in [0.3, 0.4) is 0 Å². The van der Waals surface area contributed by atoms with E-state index in [1.54, 1.807) is 0 Å². The number of hydrogen-bond donors (Lipinski definition) is 0. The second kappa shape index (κ2) is 22.6. The van der Waals surface area contributed by atoms with E-state index in [0.29, 0.717) is 11.8 Å². The van der Waals surface area contributed by atoms with Crippen molar-refractivity contribution in [1.82, 2.24) is 4.90 Å². The van der Waals surface area contributed by atoms with Gasteiger partial charge in [0.05, 0.1) is 0 Å². The van der Waals surface area contributed by atoms with Crippen LogP contribution in [-0.2, 0) is 6.42 Å². The van der Waals surface area contributed by atoms with E-state index < -0.39 is 0 Å². The summed E-state index contributed by atoms with van der Waals surface area (Å²) in [6.07, 6.45) is 17.5. The normalized spacial score (nSPS) is 16.3. The van der Waals surface area contributed by atoms with Crippen molar-refractivity contribution in [3.63, 3.8) is 0 Å².